The van der Waals surface area contributed by atoms with Gasteiger partial charge in [0.25, 0.3) is 0 Å². The van der Waals surface area contributed by atoms with Crippen LogP contribution >= 0.6 is 63.7 Å². The van der Waals surface area contributed by atoms with Crippen molar-refractivity contribution in [1.29, 1.82) is 0 Å². The first-order chi connectivity index (χ1) is 12.6. The van der Waals surface area contributed by atoms with E-state index in [0.717, 1.165) is 50.6 Å². The molecule has 0 amide bonds. The van der Waals surface area contributed by atoms with E-state index >= 15 is 0 Å². The van der Waals surface area contributed by atoms with Gasteiger partial charge in [0.15, 0.2) is 9.34 Å². The summed E-state index contributed by atoms with van der Waals surface area (Å²) in [7, 11) is 0. The number of hydrogen-bond donors (Lipinski definition) is 0. The molecule has 1 aromatic rings. The highest BCUT2D eigenvalue weighted by Gasteiger charge is 2.65. The minimum atomic E-state index is -0.186. The van der Waals surface area contributed by atoms with Crippen LogP contribution < -0.4 is 0 Å². The van der Waals surface area contributed by atoms with E-state index < -0.39 is 0 Å². The standard InChI is InChI=1S/C20H22Br4O3/c1-9-6-14-20(3)12(18(25)26-14)7-10(21)8-13(20)19(9,2)5-4-11-15(22)17(24)27-16(11)23/h7,9-10,13-14H,4-6,8H2,1-3H3/t9-,10?,13-,14+,19+,20+/m1/s1. The van der Waals surface area contributed by atoms with E-state index in [1.54, 1.807) is 0 Å². The van der Waals surface area contributed by atoms with Crippen molar-refractivity contribution in [1.82, 2.24) is 0 Å². The van der Waals surface area contributed by atoms with Crippen LogP contribution in [-0.2, 0) is 16.0 Å². The fourth-order valence-electron chi connectivity index (χ4n) is 5.68. The zero-order valence-corrected chi connectivity index (χ0v) is 21.8. The first-order valence-electron chi connectivity index (χ1n) is 9.28. The normalized spacial score (nSPS) is 40.6. The van der Waals surface area contributed by atoms with Crippen LogP contribution in [0.3, 0.4) is 0 Å². The first kappa shape index (κ1) is 20.7. The molecule has 1 aromatic heterocycles. The van der Waals surface area contributed by atoms with Crippen LogP contribution in [0.25, 0.3) is 0 Å². The Balaban J connectivity index is 1.69. The van der Waals surface area contributed by atoms with Crippen molar-refractivity contribution in [3.63, 3.8) is 0 Å². The Morgan fingerprint density at radius 3 is 2.52 bits per heavy atom. The molecule has 2 heterocycles. The second-order valence-corrected chi connectivity index (χ2v) is 12.1. The van der Waals surface area contributed by atoms with E-state index in [1.807, 2.05) is 0 Å². The fourth-order valence-corrected chi connectivity index (χ4v) is 8.22. The molecule has 1 aliphatic heterocycles. The van der Waals surface area contributed by atoms with Gasteiger partial charge in [0.2, 0.25) is 0 Å². The van der Waals surface area contributed by atoms with Gasteiger partial charge in [0.05, 0.1) is 4.47 Å². The smallest absolute Gasteiger partial charge is 0.334 e. The second-order valence-electron chi connectivity index (χ2n) is 8.65. The zero-order valence-electron chi connectivity index (χ0n) is 15.5. The Labute approximate surface area is 193 Å². The lowest BCUT2D eigenvalue weighted by Gasteiger charge is -2.57. The Kier molecular flexibility index (Phi) is 5.35. The first-order valence-corrected chi connectivity index (χ1v) is 12.6. The van der Waals surface area contributed by atoms with Gasteiger partial charge in [-0.25, -0.2) is 4.79 Å². The molecule has 3 nitrogen and oxygen atoms in total. The molecule has 7 heteroatoms. The number of hydrogen-bond acceptors (Lipinski definition) is 3. The topological polar surface area (TPSA) is 39.4 Å². The van der Waals surface area contributed by atoms with Crippen LogP contribution in [-0.4, -0.2) is 16.9 Å². The number of allylic oxidation sites excluding steroid dienone is 1. The lowest BCUT2D eigenvalue weighted by molar-refractivity contribution is -0.148. The fraction of sp³-hybridized carbons (Fsp3) is 0.650. The molecule has 0 bridgehead atoms. The molecule has 0 spiro atoms. The molecule has 0 radical (unpaired) electrons. The van der Waals surface area contributed by atoms with Gasteiger partial charge in [-0.05, 0) is 90.7 Å². The van der Waals surface area contributed by atoms with E-state index in [-0.39, 0.29) is 27.7 Å². The summed E-state index contributed by atoms with van der Waals surface area (Å²) >= 11 is 14.4. The van der Waals surface area contributed by atoms with E-state index in [4.69, 9.17) is 9.15 Å². The van der Waals surface area contributed by atoms with Crippen molar-refractivity contribution >= 4 is 69.7 Å². The molecule has 2 aliphatic carbocycles. The Morgan fingerprint density at radius 1 is 1.19 bits per heavy atom. The highest BCUT2D eigenvalue weighted by atomic mass is 79.9. The number of esters is 1. The number of rotatable bonds is 3. The molecule has 6 atom stereocenters. The number of carbonyl (C=O) groups is 1. The molecule has 27 heavy (non-hydrogen) atoms. The predicted octanol–water partition coefficient (Wildman–Crippen LogP) is 7.19. The van der Waals surface area contributed by atoms with Crippen LogP contribution in [0.1, 0.15) is 45.6 Å². The summed E-state index contributed by atoms with van der Waals surface area (Å²) < 4.78 is 14.0. The average molecular weight is 630 g/mol. The van der Waals surface area contributed by atoms with Gasteiger partial charge in [0, 0.05) is 21.4 Å². The van der Waals surface area contributed by atoms with E-state index in [1.165, 1.54) is 0 Å². The predicted molar refractivity (Wildman–Crippen MR) is 119 cm³/mol. The van der Waals surface area contributed by atoms with Gasteiger partial charge in [-0.2, -0.15) is 0 Å². The summed E-state index contributed by atoms with van der Waals surface area (Å²) in [4.78, 5) is 12.8. The third-order valence-corrected chi connectivity index (χ3v) is 10.7. The van der Waals surface area contributed by atoms with Gasteiger partial charge in [-0.15, -0.1) is 0 Å². The molecule has 1 unspecified atom stereocenters. The van der Waals surface area contributed by atoms with Crippen molar-refractivity contribution < 1.29 is 13.9 Å². The molecular weight excluding hydrogens is 608 g/mol. The highest BCUT2D eigenvalue weighted by Crippen LogP contribution is 2.65. The molecule has 4 rings (SSSR count). The number of alkyl halides is 1. The van der Waals surface area contributed by atoms with Gasteiger partial charge in [-0.3, -0.25) is 0 Å². The van der Waals surface area contributed by atoms with Crippen molar-refractivity contribution in [2.75, 3.05) is 0 Å². The summed E-state index contributed by atoms with van der Waals surface area (Å²) in [6.07, 6.45) is 6.00. The molecule has 1 saturated heterocycles. The van der Waals surface area contributed by atoms with Crippen LogP contribution in [0.4, 0.5) is 0 Å². The van der Waals surface area contributed by atoms with Crippen molar-refractivity contribution in [2.24, 2.45) is 22.7 Å². The summed E-state index contributed by atoms with van der Waals surface area (Å²) in [5.41, 5.74) is 1.96. The van der Waals surface area contributed by atoms with Crippen LogP contribution in [0.5, 0.6) is 0 Å². The lowest BCUT2D eigenvalue weighted by atomic mass is 9.46. The minimum absolute atomic E-state index is 0.00543. The maximum atomic E-state index is 12.5. The van der Waals surface area contributed by atoms with Crippen LogP contribution in [0.15, 0.2) is 29.9 Å². The molecule has 0 N–H and O–H groups in total. The molecule has 2 fully saturated rings. The minimum Gasteiger partial charge on any atom is -0.458 e. The number of ether oxygens (including phenoxy) is 1. The van der Waals surface area contributed by atoms with Gasteiger partial charge >= 0.3 is 5.97 Å². The summed E-state index contributed by atoms with van der Waals surface area (Å²) in [5, 5.41) is 0. The van der Waals surface area contributed by atoms with Gasteiger partial charge < -0.3 is 9.15 Å². The maximum Gasteiger partial charge on any atom is 0.334 e. The maximum absolute atomic E-state index is 12.5. The third kappa shape index (κ3) is 3.00. The summed E-state index contributed by atoms with van der Waals surface area (Å²) in [5.74, 6) is 0.748. The summed E-state index contributed by atoms with van der Waals surface area (Å²) in [6, 6.07) is 0. The number of furan rings is 1. The Morgan fingerprint density at radius 2 is 1.89 bits per heavy atom. The summed E-state index contributed by atoms with van der Waals surface area (Å²) in [6.45, 7) is 6.98. The van der Waals surface area contributed by atoms with Crippen molar-refractivity contribution in [3.8, 4) is 0 Å². The third-order valence-electron chi connectivity index (χ3n) is 7.51. The quantitative estimate of drug-likeness (QED) is 0.263. The van der Waals surface area contributed by atoms with Crippen LogP contribution in [0.2, 0.25) is 0 Å². The molecule has 3 aliphatic rings. The van der Waals surface area contributed by atoms with E-state index in [9.17, 15) is 4.79 Å². The monoisotopic (exact) mass is 626 g/mol. The Bertz CT molecular complexity index is 831. The van der Waals surface area contributed by atoms with Crippen LogP contribution in [0, 0.1) is 22.7 Å². The van der Waals surface area contributed by atoms with Gasteiger partial charge in [0.1, 0.15) is 6.10 Å². The molecule has 1 saturated carbocycles. The van der Waals surface area contributed by atoms with Crippen molar-refractivity contribution in [3.05, 3.63) is 31.0 Å². The average Bonchev–Trinajstić information content (AvgIpc) is 2.98. The largest absolute Gasteiger partial charge is 0.458 e. The van der Waals surface area contributed by atoms with Gasteiger partial charge in [-0.1, -0.05) is 42.8 Å². The zero-order chi connectivity index (χ0) is 19.7. The highest BCUT2D eigenvalue weighted by molar-refractivity contribution is 9.13. The Hall–Kier alpha value is 0.410. The lowest BCUT2D eigenvalue weighted by Crippen LogP contribution is -2.55. The molecule has 0 aromatic carbocycles. The number of carbonyl (C=O) groups excluding carboxylic acids is 1. The van der Waals surface area contributed by atoms with E-state index in [2.05, 4.69) is 90.6 Å². The number of halogens is 4. The van der Waals surface area contributed by atoms with Crippen molar-refractivity contribution in [2.45, 2.75) is 57.4 Å². The SMILES string of the molecule is C[C@@H]1C[C@@H]2OC(=O)C3=CC(Br)C[C@H]([C@@]1(C)CCc1c(Br)oc(Br)c1Br)[C@]32C. The second kappa shape index (κ2) is 6.98. The van der Waals surface area contributed by atoms with E-state index in [0.29, 0.717) is 11.8 Å². The molecule has 148 valence electrons. The molecular formula is C20H22Br4O3.